The number of aromatic nitrogens is 2. The van der Waals surface area contributed by atoms with Crippen molar-refractivity contribution < 1.29 is 29.6 Å². The number of nitrogens with zero attached hydrogens (tertiary/aromatic N) is 2. The van der Waals surface area contributed by atoms with E-state index in [1.54, 1.807) is 0 Å². The van der Waals surface area contributed by atoms with E-state index in [0.717, 1.165) is 26.5 Å². The minimum absolute atomic E-state index is 0.190. The van der Waals surface area contributed by atoms with Crippen molar-refractivity contribution in [2.75, 3.05) is 18.9 Å². The smallest absolute Gasteiger partial charge is 0.306 e. The van der Waals surface area contributed by atoms with E-state index in [1.165, 1.54) is 0 Å². The Hall–Kier alpha value is -3.08. The molecule has 170 valence electrons. The number of nitrogen functional groups attached to an aromatic ring is 1. The summed E-state index contributed by atoms with van der Waals surface area (Å²) in [6, 6.07) is 13.5. The zero-order valence-corrected chi connectivity index (χ0v) is 18.7. The first-order chi connectivity index (χ1) is 15.4. The van der Waals surface area contributed by atoms with Gasteiger partial charge in [0.15, 0.2) is 0 Å². The lowest BCUT2D eigenvalue weighted by Gasteiger charge is -2.09. The molecule has 0 spiro atoms. The molecule has 1 aromatic heterocycles. The molecule has 1 heterocycles. The number of esters is 1. The topological polar surface area (TPSA) is 156 Å². The van der Waals surface area contributed by atoms with Gasteiger partial charge in [-0.15, -0.1) is 0 Å². The van der Waals surface area contributed by atoms with Crippen molar-refractivity contribution in [3.8, 4) is 0 Å². The van der Waals surface area contributed by atoms with E-state index < -0.39 is 18.7 Å². The summed E-state index contributed by atoms with van der Waals surface area (Å²) in [7, 11) is 0. The van der Waals surface area contributed by atoms with Gasteiger partial charge >= 0.3 is 5.97 Å². The Morgan fingerprint density at radius 2 is 1.91 bits per heavy atom. The Morgan fingerprint density at radius 1 is 1.19 bits per heavy atom. The van der Waals surface area contributed by atoms with Gasteiger partial charge < -0.3 is 25.8 Å². The zero-order valence-electron chi connectivity index (χ0n) is 17.1. The Labute approximate surface area is 193 Å². The molecule has 5 N–H and O–H groups in total. The number of rotatable bonds is 8. The number of fused-ring (bicyclic) bond motifs is 1. The lowest BCUT2D eigenvalue weighted by molar-refractivity contribution is -0.147. The van der Waals surface area contributed by atoms with Gasteiger partial charge in [-0.3, -0.25) is 9.59 Å². The summed E-state index contributed by atoms with van der Waals surface area (Å²) < 4.78 is 5.84. The monoisotopic (exact) mass is 505 g/mol. The lowest BCUT2D eigenvalue weighted by Crippen LogP contribution is -2.22. The molecule has 1 atom stereocenters. The first kappa shape index (κ1) is 25.2. The summed E-state index contributed by atoms with van der Waals surface area (Å²) >= 11 is 3.42. The number of carbonyl (C=O) groups is 2. The number of aliphatic hydroxyl groups excluding tert-OH is 2. The summed E-state index contributed by atoms with van der Waals surface area (Å²) in [5.41, 5.74) is 8.89. The van der Waals surface area contributed by atoms with Crippen molar-refractivity contribution in [2.24, 2.45) is 0 Å². The van der Waals surface area contributed by atoms with Gasteiger partial charge in [0, 0.05) is 22.7 Å². The fraction of sp³-hybridized carbons (Fsp3) is 0.273. The van der Waals surface area contributed by atoms with Crippen LogP contribution in [0.5, 0.6) is 0 Å². The molecule has 0 aliphatic rings. The molecule has 0 aliphatic carbocycles. The molecule has 0 saturated heterocycles. The molecular formula is C22H24BrN3O6. The summed E-state index contributed by atoms with van der Waals surface area (Å²) in [5, 5.41) is 25.6. The zero-order chi connectivity index (χ0) is 23.5. The van der Waals surface area contributed by atoms with Crippen molar-refractivity contribution in [1.82, 2.24) is 9.97 Å². The molecular weight excluding hydrogens is 482 g/mol. The molecule has 0 bridgehead atoms. The highest BCUT2D eigenvalue weighted by molar-refractivity contribution is 9.10. The second kappa shape index (κ2) is 12.7. The van der Waals surface area contributed by atoms with Crippen molar-refractivity contribution in [2.45, 2.75) is 25.4 Å². The fourth-order valence-electron chi connectivity index (χ4n) is 2.89. The minimum atomic E-state index is -1.04. The lowest BCUT2D eigenvalue weighted by atomic mass is 10.0. The number of carbonyl (C=O) groups excluding carboxylic acids is 1. The van der Waals surface area contributed by atoms with E-state index >= 15 is 0 Å². The van der Waals surface area contributed by atoms with Crippen LogP contribution in [0.2, 0.25) is 0 Å². The molecule has 0 amide bonds. The number of hydrogen-bond donors (Lipinski definition) is 4. The molecule has 10 heteroatoms. The first-order valence-electron chi connectivity index (χ1n) is 9.68. The van der Waals surface area contributed by atoms with Crippen molar-refractivity contribution in [3.05, 3.63) is 63.9 Å². The Balaban J connectivity index is 0.00000114. The van der Waals surface area contributed by atoms with Crippen molar-refractivity contribution in [3.63, 3.8) is 0 Å². The van der Waals surface area contributed by atoms with Crippen LogP contribution >= 0.6 is 15.9 Å². The molecule has 0 aliphatic heterocycles. The van der Waals surface area contributed by atoms with E-state index in [-0.39, 0.29) is 19.5 Å². The second-order valence-corrected chi connectivity index (χ2v) is 7.72. The molecule has 0 fully saturated rings. The third-order valence-electron chi connectivity index (χ3n) is 4.35. The van der Waals surface area contributed by atoms with E-state index in [0.29, 0.717) is 24.5 Å². The summed E-state index contributed by atoms with van der Waals surface area (Å²) in [6.45, 7) is -0.888. The average Bonchev–Trinajstić information content (AvgIpc) is 2.77. The standard InChI is InChI=1S/C21H22BrN3O4.CH2O2/c22-15-5-6-18-17(10-15)21(23)25-19(24-18)9-14-3-1-2-13(8-14)4-7-20(28)29-12-16(27)11-26;2-1-3/h1-3,5-6,8,10,16,26-27H,4,7,9,11-12H2,(H2,23,24,25);1H,(H,2,3). The molecule has 32 heavy (non-hydrogen) atoms. The summed E-state index contributed by atoms with van der Waals surface area (Å²) in [6.07, 6.45) is 0.182. The number of aliphatic hydroxyl groups is 2. The van der Waals surface area contributed by atoms with Gasteiger partial charge in [-0.1, -0.05) is 40.2 Å². The van der Waals surface area contributed by atoms with Gasteiger partial charge in [0.2, 0.25) is 0 Å². The fourth-order valence-corrected chi connectivity index (χ4v) is 3.25. The van der Waals surface area contributed by atoms with Crippen LogP contribution < -0.4 is 5.73 Å². The number of anilines is 1. The normalized spacial score (nSPS) is 11.3. The van der Waals surface area contributed by atoms with Crippen LogP contribution in [-0.4, -0.2) is 57.0 Å². The number of benzene rings is 2. The largest absolute Gasteiger partial charge is 0.483 e. The van der Waals surface area contributed by atoms with Gasteiger partial charge in [0.1, 0.15) is 24.4 Å². The first-order valence-corrected chi connectivity index (χ1v) is 10.5. The number of hydrogen-bond acceptors (Lipinski definition) is 8. The highest BCUT2D eigenvalue weighted by Gasteiger charge is 2.10. The SMILES string of the molecule is Nc1nc(Cc2cccc(CCC(=O)OCC(O)CO)c2)nc2ccc(Br)cc12.O=CO. The molecule has 0 radical (unpaired) electrons. The Bertz CT molecular complexity index is 1060. The summed E-state index contributed by atoms with van der Waals surface area (Å²) in [5.74, 6) is 0.654. The van der Waals surface area contributed by atoms with E-state index in [1.807, 2.05) is 42.5 Å². The van der Waals surface area contributed by atoms with E-state index in [4.69, 9.17) is 25.5 Å². The number of halogens is 1. The van der Waals surface area contributed by atoms with Crippen LogP contribution in [0.15, 0.2) is 46.9 Å². The third-order valence-corrected chi connectivity index (χ3v) is 4.85. The number of nitrogens with two attached hydrogens (primary N) is 1. The molecule has 1 unspecified atom stereocenters. The Morgan fingerprint density at radius 3 is 2.62 bits per heavy atom. The molecule has 3 rings (SSSR count). The van der Waals surface area contributed by atoms with Crippen LogP contribution in [0.25, 0.3) is 10.9 Å². The predicted molar refractivity (Wildman–Crippen MR) is 122 cm³/mol. The van der Waals surface area contributed by atoms with Gasteiger partial charge in [-0.05, 0) is 35.7 Å². The van der Waals surface area contributed by atoms with Crippen molar-refractivity contribution in [1.29, 1.82) is 0 Å². The third kappa shape index (κ3) is 7.88. The second-order valence-electron chi connectivity index (χ2n) is 6.81. The quantitative estimate of drug-likeness (QED) is 0.265. The highest BCUT2D eigenvalue weighted by atomic mass is 79.9. The van der Waals surface area contributed by atoms with Crippen LogP contribution in [0.1, 0.15) is 23.4 Å². The number of ether oxygens (including phenoxy) is 1. The maximum Gasteiger partial charge on any atom is 0.306 e. The maximum absolute atomic E-state index is 11.7. The van der Waals surface area contributed by atoms with Crippen LogP contribution in [0.3, 0.4) is 0 Å². The van der Waals surface area contributed by atoms with Gasteiger partial charge in [0.05, 0.1) is 12.1 Å². The van der Waals surface area contributed by atoms with Crippen LogP contribution in [0.4, 0.5) is 5.82 Å². The van der Waals surface area contributed by atoms with Crippen LogP contribution in [-0.2, 0) is 27.2 Å². The molecule has 2 aromatic carbocycles. The Kier molecular flexibility index (Phi) is 9.99. The van der Waals surface area contributed by atoms with Crippen molar-refractivity contribution >= 4 is 45.1 Å². The summed E-state index contributed by atoms with van der Waals surface area (Å²) in [4.78, 5) is 29.1. The van der Waals surface area contributed by atoms with E-state index in [2.05, 4.69) is 25.9 Å². The molecule has 3 aromatic rings. The van der Waals surface area contributed by atoms with Gasteiger partial charge in [-0.2, -0.15) is 0 Å². The van der Waals surface area contributed by atoms with E-state index in [9.17, 15) is 9.90 Å². The van der Waals surface area contributed by atoms with Crippen LogP contribution in [0, 0.1) is 0 Å². The molecule has 0 saturated carbocycles. The average molecular weight is 506 g/mol. The highest BCUT2D eigenvalue weighted by Crippen LogP contribution is 2.23. The minimum Gasteiger partial charge on any atom is -0.483 e. The predicted octanol–water partition coefficient (Wildman–Crippen LogP) is 2.10. The maximum atomic E-state index is 11.7. The van der Waals surface area contributed by atoms with Gasteiger partial charge in [0.25, 0.3) is 6.47 Å². The number of aryl methyl sites for hydroxylation is 1. The molecule has 9 nitrogen and oxygen atoms in total. The number of carboxylic acid groups (broad SMARTS) is 1. The van der Waals surface area contributed by atoms with Gasteiger partial charge in [-0.25, -0.2) is 9.97 Å².